The molecule has 0 amide bonds. The predicted octanol–water partition coefficient (Wildman–Crippen LogP) is 4.70. The normalized spacial score (nSPS) is 20.6. The van der Waals surface area contributed by atoms with Crippen LogP contribution >= 0.6 is 0 Å². The molecule has 0 spiro atoms. The van der Waals surface area contributed by atoms with E-state index < -0.39 is 4.92 Å². The summed E-state index contributed by atoms with van der Waals surface area (Å²) in [7, 11) is 0. The number of nitrogens with zero attached hydrogens (tertiary/aromatic N) is 1. The third kappa shape index (κ3) is 4.18. The summed E-state index contributed by atoms with van der Waals surface area (Å²) in [6, 6.07) is 6.20. The Hall–Kier alpha value is -2.17. The van der Waals surface area contributed by atoms with Crippen LogP contribution in [0.15, 0.2) is 36.0 Å². The number of benzene rings is 1. The lowest BCUT2D eigenvalue weighted by atomic mass is 9.68. The molecule has 5 heteroatoms. The maximum Gasteiger partial charge on any atom is 0.269 e. The van der Waals surface area contributed by atoms with E-state index in [1.165, 1.54) is 12.1 Å². The zero-order valence-electron chi connectivity index (χ0n) is 14.0. The van der Waals surface area contributed by atoms with E-state index in [1.807, 2.05) is 0 Å². The molecule has 2 rings (SSSR count). The van der Waals surface area contributed by atoms with Gasteiger partial charge < -0.3 is 5.32 Å². The molecule has 124 valence electrons. The molecule has 0 heterocycles. The second-order valence-electron chi connectivity index (χ2n) is 6.82. The van der Waals surface area contributed by atoms with Crippen molar-refractivity contribution < 1.29 is 9.72 Å². The molecule has 0 unspecified atom stereocenters. The molecule has 0 saturated heterocycles. The van der Waals surface area contributed by atoms with Crippen LogP contribution in [-0.4, -0.2) is 10.7 Å². The van der Waals surface area contributed by atoms with Crippen LogP contribution in [0.2, 0.25) is 0 Å². The molecular weight excluding hydrogens is 292 g/mol. The summed E-state index contributed by atoms with van der Waals surface area (Å²) in [5, 5.41) is 13.7. The second-order valence-corrected chi connectivity index (χ2v) is 6.82. The van der Waals surface area contributed by atoms with Crippen LogP contribution in [-0.2, 0) is 4.79 Å². The monoisotopic (exact) mass is 316 g/mol. The Morgan fingerprint density at radius 1 is 1.35 bits per heavy atom. The second kappa shape index (κ2) is 6.94. The highest BCUT2D eigenvalue weighted by Gasteiger charge is 2.33. The fraction of sp³-hybridized carbons (Fsp3) is 0.500. The molecule has 1 aliphatic carbocycles. The van der Waals surface area contributed by atoms with Crippen LogP contribution in [0.5, 0.6) is 0 Å². The number of anilines is 1. The number of ketones is 1. The van der Waals surface area contributed by atoms with Gasteiger partial charge in [0.2, 0.25) is 0 Å². The average Bonchev–Trinajstić information content (AvgIpc) is 2.54. The van der Waals surface area contributed by atoms with E-state index in [2.05, 4.69) is 26.1 Å². The Labute approximate surface area is 136 Å². The Kier molecular flexibility index (Phi) is 5.19. The van der Waals surface area contributed by atoms with Gasteiger partial charge in [-0.3, -0.25) is 14.9 Å². The maximum atomic E-state index is 12.1. The van der Waals surface area contributed by atoms with Gasteiger partial charge in [0, 0.05) is 36.0 Å². The number of non-ortho nitro benzene ring substituents is 1. The number of hydrogen-bond donors (Lipinski definition) is 1. The molecule has 5 nitrogen and oxygen atoms in total. The molecule has 1 aromatic carbocycles. The average molecular weight is 316 g/mol. The SMILES string of the molecule is CCC(C)(C)[C@@H]1CCC(=O)/C(=C/Nc2ccc([N+](=O)[O-])cc2)C1. The lowest BCUT2D eigenvalue weighted by molar-refractivity contribution is -0.384. The number of Topliss-reactive ketones (excluding diaryl/α,β-unsaturated/α-hetero) is 1. The van der Waals surface area contributed by atoms with Gasteiger partial charge in [-0.05, 0) is 36.3 Å². The molecule has 23 heavy (non-hydrogen) atoms. The minimum Gasteiger partial charge on any atom is -0.361 e. The highest BCUT2D eigenvalue weighted by atomic mass is 16.6. The number of hydrogen-bond acceptors (Lipinski definition) is 4. The van der Waals surface area contributed by atoms with E-state index in [0.717, 1.165) is 30.5 Å². The number of nitro groups is 1. The van der Waals surface area contributed by atoms with Crippen molar-refractivity contribution in [3.63, 3.8) is 0 Å². The number of allylic oxidation sites excluding steroid dienone is 1. The summed E-state index contributed by atoms with van der Waals surface area (Å²) in [5.74, 6) is 0.706. The van der Waals surface area contributed by atoms with Crippen molar-refractivity contribution in [1.29, 1.82) is 0 Å². The zero-order valence-corrected chi connectivity index (χ0v) is 14.0. The summed E-state index contributed by atoms with van der Waals surface area (Å²) >= 11 is 0. The molecule has 1 aliphatic rings. The molecule has 1 saturated carbocycles. The first-order chi connectivity index (χ1) is 10.8. The molecule has 0 aromatic heterocycles. The third-order valence-electron chi connectivity index (χ3n) is 5.05. The van der Waals surface area contributed by atoms with Gasteiger partial charge in [0.25, 0.3) is 5.69 Å². The Balaban J connectivity index is 2.08. The number of nitrogens with one attached hydrogen (secondary N) is 1. The molecule has 1 atom stereocenters. The predicted molar refractivity (Wildman–Crippen MR) is 91.2 cm³/mol. The lowest BCUT2D eigenvalue weighted by Gasteiger charge is -2.36. The Morgan fingerprint density at radius 3 is 2.57 bits per heavy atom. The number of carbonyl (C=O) groups is 1. The maximum absolute atomic E-state index is 12.1. The van der Waals surface area contributed by atoms with Gasteiger partial charge in [0.1, 0.15) is 0 Å². The van der Waals surface area contributed by atoms with Crippen LogP contribution in [0, 0.1) is 21.4 Å². The molecule has 1 aromatic rings. The van der Waals surface area contributed by atoms with Gasteiger partial charge >= 0.3 is 0 Å². The van der Waals surface area contributed by atoms with Crippen molar-refractivity contribution in [2.24, 2.45) is 11.3 Å². The van der Waals surface area contributed by atoms with Gasteiger partial charge in [-0.2, -0.15) is 0 Å². The van der Waals surface area contributed by atoms with Crippen LogP contribution in [0.4, 0.5) is 11.4 Å². The summed E-state index contributed by atoms with van der Waals surface area (Å²) in [6.07, 6.45) is 5.20. The summed E-state index contributed by atoms with van der Waals surface area (Å²) in [4.78, 5) is 22.3. The Morgan fingerprint density at radius 2 is 2.00 bits per heavy atom. The summed E-state index contributed by atoms with van der Waals surface area (Å²) < 4.78 is 0. The van der Waals surface area contributed by atoms with Gasteiger partial charge in [-0.25, -0.2) is 0 Å². The van der Waals surface area contributed by atoms with Crippen molar-refractivity contribution in [1.82, 2.24) is 0 Å². The fourth-order valence-corrected chi connectivity index (χ4v) is 2.89. The summed E-state index contributed by atoms with van der Waals surface area (Å²) in [6.45, 7) is 6.71. The van der Waals surface area contributed by atoms with Gasteiger partial charge in [0.15, 0.2) is 5.78 Å². The first-order valence-corrected chi connectivity index (χ1v) is 8.06. The quantitative estimate of drug-likeness (QED) is 0.485. The highest BCUT2D eigenvalue weighted by Crippen LogP contribution is 2.41. The van der Waals surface area contributed by atoms with E-state index in [-0.39, 0.29) is 16.9 Å². The van der Waals surface area contributed by atoms with Crippen LogP contribution in [0.3, 0.4) is 0 Å². The molecule has 1 N–H and O–H groups in total. The van der Waals surface area contributed by atoms with E-state index in [9.17, 15) is 14.9 Å². The zero-order chi connectivity index (χ0) is 17.0. The van der Waals surface area contributed by atoms with Gasteiger partial charge in [-0.1, -0.05) is 27.2 Å². The minimum atomic E-state index is -0.426. The van der Waals surface area contributed by atoms with Crippen molar-refractivity contribution in [2.75, 3.05) is 5.32 Å². The van der Waals surface area contributed by atoms with E-state index in [1.54, 1.807) is 18.3 Å². The minimum absolute atomic E-state index is 0.0571. The number of carbonyl (C=O) groups excluding carboxylic acids is 1. The van der Waals surface area contributed by atoms with Crippen molar-refractivity contribution in [3.8, 4) is 0 Å². The standard InChI is InChI=1S/C18H24N2O3/c1-4-18(2,3)14-5-10-17(21)13(11-14)12-19-15-6-8-16(9-7-15)20(22)23/h6-9,12,14,19H,4-5,10-11H2,1-3H3/b13-12+/t14-/m1/s1. The Bertz CT molecular complexity index is 618. The molecular formula is C18H24N2O3. The van der Waals surface area contributed by atoms with E-state index in [4.69, 9.17) is 0 Å². The first-order valence-electron chi connectivity index (χ1n) is 8.06. The lowest BCUT2D eigenvalue weighted by Crippen LogP contribution is -2.29. The van der Waals surface area contributed by atoms with Crippen molar-refractivity contribution >= 4 is 17.2 Å². The topological polar surface area (TPSA) is 72.2 Å². The van der Waals surface area contributed by atoms with Crippen LogP contribution < -0.4 is 5.32 Å². The van der Waals surface area contributed by atoms with Crippen molar-refractivity contribution in [2.45, 2.75) is 46.5 Å². The first kappa shape index (κ1) is 17.2. The van der Waals surface area contributed by atoms with Gasteiger partial charge in [0.05, 0.1) is 4.92 Å². The van der Waals surface area contributed by atoms with Gasteiger partial charge in [-0.15, -0.1) is 0 Å². The highest BCUT2D eigenvalue weighted by molar-refractivity contribution is 5.96. The van der Waals surface area contributed by atoms with Crippen LogP contribution in [0.25, 0.3) is 0 Å². The molecule has 0 bridgehead atoms. The summed E-state index contributed by atoms with van der Waals surface area (Å²) in [5.41, 5.74) is 1.85. The van der Waals surface area contributed by atoms with E-state index in [0.29, 0.717) is 12.3 Å². The van der Waals surface area contributed by atoms with Crippen molar-refractivity contribution in [3.05, 3.63) is 46.2 Å². The largest absolute Gasteiger partial charge is 0.361 e. The number of rotatable bonds is 5. The fourth-order valence-electron chi connectivity index (χ4n) is 2.89. The molecule has 0 radical (unpaired) electrons. The molecule has 1 fully saturated rings. The smallest absolute Gasteiger partial charge is 0.269 e. The number of nitro benzene ring substituents is 1. The third-order valence-corrected chi connectivity index (χ3v) is 5.05. The molecule has 0 aliphatic heterocycles. The van der Waals surface area contributed by atoms with Crippen LogP contribution in [0.1, 0.15) is 46.5 Å². The van der Waals surface area contributed by atoms with E-state index >= 15 is 0 Å².